The molecule has 1 aromatic carbocycles. The minimum absolute atomic E-state index is 0.201. The molecule has 0 spiro atoms. The Morgan fingerprint density at radius 2 is 1.69 bits per heavy atom. The van der Waals surface area contributed by atoms with Gasteiger partial charge in [0.2, 0.25) is 5.91 Å². The van der Waals surface area contributed by atoms with Crippen LogP contribution in [0.25, 0.3) is 0 Å². The van der Waals surface area contributed by atoms with E-state index in [0.717, 1.165) is 36.9 Å². The van der Waals surface area contributed by atoms with Gasteiger partial charge in [0.05, 0.1) is 6.54 Å². The lowest BCUT2D eigenvalue weighted by atomic mass is 9.86. The second kappa shape index (κ2) is 9.60. The van der Waals surface area contributed by atoms with Crippen LogP contribution >= 0.6 is 0 Å². The lowest BCUT2D eigenvalue weighted by Gasteiger charge is -2.37. The molecule has 156 valence electrons. The summed E-state index contributed by atoms with van der Waals surface area (Å²) in [6.45, 7) is 1.30. The number of nitrogens with zero attached hydrogens (tertiary/aromatic N) is 2. The van der Waals surface area contributed by atoms with Crippen LogP contribution in [0.5, 0.6) is 0 Å². The molecule has 2 fully saturated rings. The number of carbonyl (C=O) groups excluding carboxylic acids is 1. The van der Waals surface area contributed by atoms with Crippen molar-refractivity contribution in [2.24, 2.45) is 5.92 Å². The Balaban J connectivity index is 1.53. The number of amides is 1. The molecule has 0 radical (unpaired) electrons. The fraction of sp³-hybridized carbons (Fsp3) is 0.560. The summed E-state index contributed by atoms with van der Waals surface area (Å²) in [6, 6.07) is 11.3. The van der Waals surface area contributed by atoms with Gasteiger partial charge in [-0.3, -0.25) is 4.79 Å². The van der Waals surface area contributed by atoms with Crippen molar-refractivity contribution in [3.05, 3.63) is 59.7 Å². The second-order valence-electron chi connectivity index (χ2n) is 8.85. The lowest BCUT2D eigenvalue weighted by molar-refractivity contribution is -0.140. The number of aromatic nitrogens is 1. The van der Waals surface area contributed by atoms with E-state index in [9.17, 15) is 9.18 Å². The number of carbonyl (C=O) groups is 1. The van der Waals surface area contributed by atoms with Crippen LogP contribution in [0.15, 0.2) is 42.6 Å². The molecule has 0 aliphatic heterocycles. The summed E-state index contributed by atoms with van der Waals surface area (Å²) in [4.78, 5) is 15.7. The summed E-state index contributed by atoms with van der Waals surface area (Å²) < 4.78 is 15.8. The molecule has 0 saturated heterocycles. The highest BCUT2D eigenvalue weighted by atomic mass is 19.1. The minimum atomic E-state index is -0.201. The van der Waals surface area contributed by atoms with Gasteiger partial charge in [-0.25, -0.2) is 4.39 Å². The zero-order chi connectivity index (χ0) is 20.1. The Morgan fingerprint density at radius 3 is 2.41 bits per heavy atom. The molecule has 2 aliphatic rings. The number of benzene rings is 1. The van der Waals surface area contributed by atoms with E-state index in [4.69, 9.17) is 0 Å². The third kappa shape index (κ3) is 5.09. The van der Waals surface area contributed by atoms with Gasteiger partial charge in [-0.05, 0) is 55.5 Å². The van der Waals surface area contributed by atoms with Crippen LogP contribution in [-0.4, -0.2) is 21.4 Å². The monoisotopic (exact) mass is 396 g/mol. The molecular weight excluding hydrogens is 363 g/mol. The number of hydrogen-bond acceptors (Lipinski definition) is 1. The molecule has 0 bridgehead atoms. The third-order valence-corrected chi connectivity index (χ3v) is 6.75. The molecule has 2 aliphatic carbocycles. The predicted molar refractivity (Wildman–Crippen MR) is 114 cm³/mol. The molecule has 0 atom stereocenters. The summed E-state index contributed by atoms with van der Waals surface area (Å²) in [7, 11) is 0. The Bertz CT molecular complexity index is 803. The van der Waals surface area contributed by atoms with Gasteiger partial charge >= 0.3 is 0 Å². The van der Waals surface area contributed by atoms with Crippen molar-refractivity contribution >= 4 is 5.91 Å². The summed E-state index contributed by atoms with van der Waals surface area (Å²) >= 11 is 0. The van der Waals surface area contributed by atoms with Gasteiger partial charge < -0.3 is 9.47 Å². The number of halogens is 1. The first-order chi connectivity index (χ1) is 14.2. The third-order valence-electron chi connectivity index (χ3n) is 6.75. The molecule has 1 aromatic heterocycles. The van der Waals surface area contributed by atoms with E-state index in [1.54, 1.807) is 12.1 Å². The van der Waals surface area contributed by atoms with E-state index in [2.05, 4.69) is 15.5 Å². The van der Waals surface area contributed by atoms with Gasteiger partial charge in [0.25, 0.3) is 0 Å². The van der Waals surface area contributed by atoms with Gasteiger partial charge in [0, 0.05) is 30.4 Å². The first-order valence-corrected chi connectivity index (χ1v) is 11.4. The van der Waals surface area contributed by atoms with Crippen LogP contribution < -0.4 is 0 Å². The van der Waals surface area contributed by atoms with Crippen molar-refractivity contribution in [3.8, 4) is 0 Å². The van der Waals surface area contributed by atoms with Crippen LogP contribution in [0, 0.1) is 11.7 Å². The Kier molecular flexibility index (Phi) is 6.68. The summed E-state index contributed by atoms with van der Waals surface area (Å²) in [5.74, 6) is 0.375. The molecule has 1 heterocycles. The maximum atomic E-state index is 13.6. The van der Waals surface area contributed by atoms with Crippen molar-refractivity contribution in [1.82, 2.24) is 9.47 Å². The topological polar surface area (TPSA) is 25.2 Å². The average Bonchev–Trinajstić information content (AvgIpc) is 3.19. The zero-order valence-corrected chi connectivity index (χ0v) is 17.4. The van der Waals surface area contributed by atoms with Crippen molar-refractivity contribution < 1.29 is 9.18 Å². The van der Waals surface area contributed by atoms with Crippen molar-refractivity contribution in [3.63, 3.8) is 0 Å². The van der Waals surface area contributed by atoms with Gasteiger partial charge in [-0.1, -0.05) is 50.7 Å². The van der Waals surface area contributed by atoms with Crippen molar-refractivity contribution in [2.45, 2.75) is 83.3 Å². The highest BCUT2D eigenvalue weighted by molar-refractivity contribution is 5.79. The van der Waals surface area contributed by atoms with Crippen LogP contribution in [0.4, 0.5) is 4.39 Å². The first kappa shape index (κ1) is 20.2. The van der Waals surface area contributed by atoms with E-state index in [1.165, 1.54) is 44.6 Å². The maximum Gasteiger partial charge on any atom is 0.226 e. The maximum absolute atomic E-state index is 13.6. The average molecular weight is 397 g/mol. The van der Waals surface area contributed by atoms with E-state index < -0.39 is 0 Å². The van der Waals surface area contributed by atoms with Crippen LogP contribution in [0.2, 0.25) is 0 Å². The van der Waals surface area contributed by atoms with Gasteiger partial charge in [-0.2, -0.15) is 0 Å². The lowest BCUT2D eigenvalue weighted by Crippen LogP contribution is -2.44. The van der Waals surface area contributed by atoms with Crippen molar-refractivity contribution in [2.75, 3.05) is 0 Å². The van der Waals surface area contributed by atoms with Crippen LogP contribution in [0.1, 0.15) is 75.5 Å². The van der Waals surface area contributed by atoms with E-state index >= 15 is 0 Å². The fourth-order valence-electron chi connectivity index (χ4n) is 5.12. The second-order valence-corrected chi connectivity index (χ2v) is 8.85. The van der Waals surface area contributed by atoms with E-state index in [1.807, 2.05) is 18.3 Å². The normalized spacial score (nSPS) is 18.7. The minimum Gasteiger partial charge on any atom is -0.345 e. The van der Waals surface area contributed by atoms with Gasteiger partial charge in [0.15, 0.2) is 0 Å². The van der Waals surface area contributed by atoms with Crippen LogP contribution in [-0.2, 0) is 17.9 Å². The fourth-order valence-corrected chi connectivity index (χ4v) is 5.12. The highest BCUT2D eigenvalue weighted by Gasteiger charge is 2.31. The molecule has 3 nitrogen and oxygen atoms in total. The molecular formula is C25H33FN2O. The smallest absolute Gasteiger partial charge is 0.226 e. The molecule has 29 heavy (non-hydrogen) atoms. The molecule has 0 N–H and O–H groups in total. The number of hydrogen-bond donors (Lipinski definition) is 0. The van der Waals surface area contributed by atoms with Gasteiger partial charge in [-0.15, -0.1) is 0 Å². The Hall–Kier alpha value is -2.10. The molecule has 4 heteroatoms. The molecule has 2 saturated carbocycles. The molecule has 1 amide bonds. The van der Waals surface area contributed by atoms with Crippen molar-refractivity contribution in [1.29, 1.82) is 0 Å². The quantitative estimate of drug-likeness (QED) is 0.595. The number of rotatable bonds is 6. The predicted octanol–water partition coefficient (Wildman–Crippen LogP) is 5.92. The largest absolute Gasteiger partial charge is 0.345 e. The summed E-state index contributed by atoms with van der Waals surface area (Å²) in [5.41, 5.74) is 2.09. The van der Waals surface area contributed by atoms with Gasteiger partial charge in [0.1, 0.15) is 5.82 Å². The zero-order valence-electron chi connectivity index (χ0n) is 17.4. The van der Waals surface area contributed by atoms with E-state index in [-0.39, 0.29) is 11.7 Å². The molecule has 2 aromatic rings. The summed E-state index contributed by atoms with van der Waals surface area (Å²) in [6.07, 6.45) is 13.8. The summed E-state index contributed by atoms with van der Waals surface area (Å²) in [5, 5.41) is 0. The van der Waals surface area contributed by atoms with Crippen LogP contribution in [0.3, 0.4) is 0 Å². The molecule has 4 rings (SSSR count). The van der Waals surface area contributed by atoms with E-state index in [0.29, 0.717) is 25.0 Å². The Morgan fingerprint density at radius 1 is 0.966 bits per heavy atom. The SMILES string of the molecule is O=C(C1CCCCC1)N(Cc1cccn1Cc1cccc(F)c1)C1CCCCC1. The molecule has 0 unspecified atom stereocenters. The Labute approximate surface area is 173 Å². The standard InChI is InChI=1S/C25H33FN2O/c26-22-12-7-9-20(17-22)18-27-16-8-15-24(27)19-28(23-13-5-2-6-14-23)25(29)21-10-3-1-4-11-21/h7-9,12,15-17,21,23H,1-6,10-11,13-14,18-19H2. The first-order valence-electron chi connectivity index (χ1n) is 11.4. The highest BCUT2D eigenvalue weighted by Crippen LogP contribution is 2.30.